The Morgan fingerprint density at radius 3 is 2.29 bits per heavy atom. The van der Waals surface area contributed by atoms with Crippen molar-refractivity contribution in [3.8, 4) is 0 Å². The van der Waals surface area contributed by atoms with E-state index in [9.17, 15) is 9.59 Å². The Kier molecular flexibility index (Phi) is 3.67. The van der Waals surface area contributed by atoms with Crippen LogP contribution in [0.2, 0.25) is 0 Å². The molecule has 98 valence electrons. The van der Waals surface area contributed by atoms with Gasteiger partial charge in [-0.2, -0.15) is 0 Å². The van der Waals surface area contributed by atoms with Crippen molar-refractivity contribution in [1.82, 2.24) is 4.90 Å². The van der Waals surface area contributed by atoms with Crippen LogP contribution in [-0.4, -0.2) is 29.8 Å². The predicted molar refractivity (Wildman–Crippen MR) is 67.1 cm³/mol. The lowest BCUT2D eigenvalue weighted by atomic mass is 9.78. The minimum absolute atomic E-state index is 0.0426. The zero-order valence-corrected chi connectivity index (χ0v) is 11.5. The van der Waals surface area contributed by atoms with E-state index in [1.807, 2.05) is 34.6 Å². The molecule has 1 unspecified atom stereocenters. The highest BCUT2D eigenvalue weighted by Crippen LogP contribution is 2.40. The van der Waals surface area contributed by atoms with Crippen LogP contribution in [0.15, 0.2) is 0 Å². The summed E-state index contributed by atoms with van der Waals surface area (Å²) in [4.78, 5) is 25.7. The van der Waals surface area contributed by atoms with Crippen LogP contribution in [0.1, 0.15) is 41.0 Å². The number of rotatable bonds is 4. The first-order valence-corrected chi connectivity index (χ1v) is 6.19. The molecule has 2 amide bonds. The molecule has 1 heterocycles. The maximum Gasteiger partial charge on any atom is 0.235 e. The molecule has 0 aliphatic carbocycles. The van der Waals surface area contributed by atoms with E-state index < -0.39 is 5.41 Å². The summed E-state index contributed by atoms with van der Waals surface area (Å²) in [6.07, 6.45) is 0.324. The molecule has 0 bridgehead atoms. The molecule has 1 atom stereocenters. The Morgan fingerprint density at radius 2 is 1.94 bits per heavy atom. The fourth-order valence-corrected chi connectivity index (χ4v) is 2.01. The number of carbonyl (C=O) groups is 2. The number of carbonyl (C=O) groups excluding carboxylic acids is 2. The topological polar surface area (TPSA) is 63.4 Å². The summed E-state index contributed by atoms with van der Waals surface area (Å²) in [6, 6.07) is 0. The molecule has 1 aliphatic heterocycles. The van der Waals surface area contributed by atoms with Gasteiger partial charge < -0.3 is 5.73 Å². The monoisotopic (exact) mass is 240 g/mol. The third kappa shape index (κ3) is 2.51. The number of likely N-dealkylation sites (tertiary alicyclic amines) is 1. The Hall–Kier alpha value is -0.900. The molecule has 2 N–H and O–H groups in total. The van der Waals surface area contributed by atoms with Crippen LogP contribution in [0.5, 0.6) is 0 Å². The molecule has 4 heteroatoms. The number of hydrogen-bond acceptors (Lipinski definition) is 3. The molecule has 0 aromatic carbocycles. The van der Waals surface area contributed by atoms with E-state index in [0.717, 1.165) is 0 Å². The summed E-state index contributed by atoms with van der Waals surface area (Å²) in [5, 5.41) is 0. The van der Waals surface area contributed by atoms with E-state index >= 15 is 0 Å². The third-order valence-electron chi connectivity index (χ3n) is 3.97. The van der Waals surface area contributed by atoms with Crippen molar-refractivity contribution in [2.24, 2.45) is 22.5 Å². The Labute approximate surface area is 104 Å². The quantitative estimate of drug-likeness (QED) is 0.755. The SMILES string of the molecule is CC(C)C1(C)CC(=O)N(CC(C)(C)CN)C1=O. The summed E-state index contributed by atoms with van der Waals surface area (Å²) in [6.45, 7) is 10.7. The number of amides is 2. The Balaban J connectivity index is 2.91. The summed E-state index contributed by atoms with van der Waals surface area (Å²) < 4.78 is 0. The van der Waals surface area contributed by atoms with Crippen LogP contribution in [0.4, 0.5) is 0 Å². The molecular weight excluding hydrogens is 216 g/mol. The normalized spacial score (nSPS) is 26.2. The molecule has 1 aliphatic rings. The highest BCUT2D eigenvalue weighted by molar-refractivity contribution is 6.05. The van der Waals surface area contributed by atoms with Crippen molar-refractivity contribution in [3.63, 3.8) is 0 Å². The molecule has 17 heavy (non-hydrogen) atoms. The maximum atomic E-state index is 12.3. The highest BCUT2D eigenvalue weighted by Gasteiger charge is 2.50. The molecule has 0 aromatic heterocycles. The molecular formula is C13H24N2O2. The van der Waals surface area contributed by atoms with Gasteiger partial charge in [-0.3, -0.25) is 14.5 Å². The minimum Gasteiger partial charge on any atom is -0.330 e. The molecule has 0 spiro atoms. The summed E-state index contributed by atoms with van der Waals surface area (Å²) in [5.74, 6) is 0.0664. The summed E-state index contributed by atoms with van der Waals surface area (Å²) in [7, 11) is 0. The standard InChI is InChI=1S/C13H24N2O2/c1-9(2)13(5)6-10(16)15(11(13)17)8-12(3,4)7-14/h9H,6-8,14H2,1-5H3. The van der Waals surface area contributed by atoms with Gasteiger partial charge in [0, 0.05) is 13.0 Å². The first-order chi connectivity index (χ1) is 7.64. The van der Waals surface area contributed by atoms with Crippen LogP contribution in [0, 0.1) is 16.7 Å². The second-order valence-corrected chi connectivity index (χ2v) is 6.40. The van der Waals surface area contributed by atoms with Crippen LogP contribution in [0.25, 0.3) is 0 Å². The lowest BCUT2D eigenvalue weighted by Gasteiger charge is -2.30. The number of imide groups is 1. The van der Waals surface area contributed by atoms with E-state index in [2.05, 4.69) is 0 Å². The average Bonchev–Trinajstić information content (AvgIpc) is 2.43. The molecule has 4 nitrogen and oxygen atoms in total. The highest BCUT2D eigenvalue weighted by atomic mass is 16.2. The average molecular weight is 240 g/mol. The van der Waals surface area contributed by atoms with E-state index in [-0.39, 0.29) is 23.1 Å². The summed E-state index contributed by atoms with van der Waals surface area (Å²) >= 11 is 0. The fourth-order valence-electron chi connectivity index (χ4n) is 2.01. The minimum atomic E-state index is -0.540. The summed E-state index contributed by atoms with van der Waals surface area (Å²) in [5.41, 5.74) is 4.90. The van der Waals surface area contributed by atoms with E-state index in [0.29, 0.717) is 19.5 Å². The van der Waals surface area contributed by atoms with Gasteiger partial charge in [0.25, 0.3) is 0 Å². The Bertz CT molecular complexity index is 336. The van der Waals surface area contributed by atoms with Gasteiger partial charge in [0.05, 0.1) is 5.41 Å². The Morgan fingerprint density at radius 1 is 1.41 bits per heavy atom. The largest absolute Gasteiger partial charge is 0.330 e. The van der Waals surface area contributed by atoms with Crippen molar-refractivity contribution in [2.75, 3.05) is 13.1 Å². The lowest BCUT2D eigenvalue weighted by Crippen LogP contribution is -2.44. The molecule has 0 aromatic rings. The van der Waals surface area contributed by atoms with Gasteiger partial charge in [-0.1, -0.05) is 27.7 Å². The first-order valence-electron chi connectivity index (χ1n) is 6.19. The molecule has 1 fully saturated rings. The third-order valence-corrected chi connectivity index (χ3v) is 3.97. The van der Waals surface area contributed by atoms with Gasteiger partial charge in [0.1, 0.15) is 0 Å². The predicted octanol–water partition coefficient (Wildman–Crippen LogP) is 1.39. The van der Waals surface area contributed by atoms with Crippen molar-refractivity contribution in [3.05, 3.63) is 0 Å². The van der Waals surface area contributed by atoms with Crippen molar-refractivity contribution in [2.45, 2.75) is 41.0 Å². The van der Waals surface area contributed by atoms with Crippen molar-refractivity contribution in [1.29, 1.82) is 0 Å². The van der Waals surface area contributed by atoms with Crippen molar-refractivity contribution >= 4 is 11.8 Å². The smallest absolute Gasteiger partial charge is 0.235 e. The molecule has 0 saturated carbocycles. The first kappa shape index (κ1) is 14.2. The van der Waals surface area contributed by atoms with E-state index in [4.69, 9.17) is 5.73 Å². The number of hydrogen-bond donors (Lipinski definition) is 1. The van der Waals surface area contributed by atoms with Gasteiger partial charge in [0.2, 0.25) is 11.8 Å². The fraction of sp³-hybridized carbons (Fsp3) is 0.846. The van der Waals surface area contributed by atoms with Gasteiger partial charge in [-0.25, -0.2) is 0 Å². The van der Waals surface area contributed by atoms with Gasteiger partial charge in [-0.05, 0) is 24.8 Å². The van der Waals surface area contributed by atoms with Crippen LogP contribution in [0.3, 0.4) is 0 Å². The van der Waals surface area contributed by atoms with Crippen LogP contribution >= 0.6 is 0 Å². The second-order valence-electron chi connectivity index (χ2n) is 6.40. The lowest BCUT2D eigenvalue weighted by molar-refractivity contribution is -0.143. The zero-order valence-electron chi connectivity index (χ0n) is 11.5. The maximum absolute atomic E-state index is 12.3. The van der Waals surface area contributed by atoms with Gasteiger partial charge in [0.15, 0.2) is 0 Å². The number of nitrogens with zero attached hydrogens (tertiary/aromatic N) is 1. The van der Waals surface area contributed by atoms with Crippen LogP contribution < -0.4 is 5.73 Å². The van der Waals surface area contributed by atoms with E-state index in [1.165, 1.54) is 4.90 Å². The van der Waals surface area contributed by atoms with Gasteiger partial charge >= 0.3 is 0 Å². The zero-order chi connectivity index (χ0) is 13.4. The number of nitrogens with two attached hydrogens (primary N) is 1. The van der Waals surface area contributed by atoms with Gasteiger partial charge in [-0.15, -0.1) is 0 Å². The van der Waals surface area contributed by atoms with E-state index in [1.54, 1.807) is 0 Å². The second kappa shape index (κ2) is 4.41. The van der Waals surface area contributed by atoms with Crippen LogP contribution in [-0.2, 0) is 9.59 Å². The molecule has 1 rings (SSSR count). The van der Waals surface area contributed by atoms with Crippen molar-refractivity contribution < 1.29 is 9.59 Å². The molecule has 0 radical (unpaired) electrons. The molecule has 1 saturated heterocycles.